The van der Waals surface area contributed by atoms with Crippen LogP contribution in [0.2, 0.25) is 0 Å². The Labute approximate surface area is 55.9 Å². The van der Waals surface area contributed by atoms with Crippen molar-refractivity contribution in [2.45, 2.75) is 0 Å². The van der Waals surface area contributed by atoms with Crippen LogP contribution in [-0.4, -0.2) is 0 Å². The van der Waals surface area contributed by atoms with Gasteiger partial charge in [0.25, 0.3) is 0 Å². The molecule has 0 radical (unpaired) electrons. The molecule has 0 spiro atoms. The van der Waals surface area contributed by atoms with Crippen molar-refractivity contribution in [3.05, 3.63) is 0 Å². The normalized spacial score (nSPS) is 1.75. The number of hydrogen-bond donors (Lipinski definition) is 0. The fourth-order valence-electron chi connectivity index (χ4n) is 0. The summed E-state index contributed by atoms with van der Waals surface area (Å²) >= 11 is 2.87. The Bertz CT molecular complexity index is 8.00. The van der Waals surface area contributed by atoms with Crippen LogP contribution in [0.25, 0.3) is 0 Å². The molecule has 0 atom stereocenters. The molecular formula is MoNbS2. The molecule has 0 aliphatic rings. The first-order valence-corrected chi connectivity index (χ1v) is 6.20. The summed E-state index contributed by atoms with van der Waals surface area (Å²) in [5, 5.41) is 0. The van der Waals surface area contributed by atoms with Gasteiger partial charge >= 0.3 is 56.6 Å². The van der Waals surface area contributed by atoms with Crippen LogP contribution in [0.1, 0.15) is 0 Å². The fraction of sp³-hybridized carbons (Fsp3) is 0. The molecule has 0 aromatic heterocycles. The summed E-state index contributed by atoms with van der Waals surface area (Å²) in [4.78, 5) is 0. The van der Waals surface area contributed by atoms with E-state index in [1.165, 1.54) is 37.2 Å². The van der Waals surface area contributed by atoms with E-state index in [-0.39, 0.29) is 0 Å². The standard InChI is InChI=1S/Mo.Nb.2S. The molecule has 0 aliphatic carbocycles. The third-order valence-electron chi connectivity index (χ3n) is 0. The molecule has 0 saturated carbocycles. The van der Waals surface area contributed by atoms with E-state index in [1.807, 2.05) is 0 Å². The second kappa shape index (κ2) is 20.9. The first kappa shape index (κ1) is 9.29. The maximum absolute atomic E-state index is 4.13. The molecule has 4 heteroatoms. The zero-order valence-corrected chi connectivity index (χ0v) is 7.51. The molecule has 0 aliphatic heterocycles. The molecule has 0 N–H and O–H groups in total. The predicted molar refractivity (Wildman–Crippen MR) is 15.2 cm³/mol. The molecular weight excluding hydrogens is 253 g/mol. The van der Waals surface area contributed by atoms with Gasteiger partial charge in [-0.3, -0.25) is 0 Å². The van der Waals surface area contributed by atoms with E-state index >= 15 is 0 Å². The summed E-state index contributed by atoms with van der Waals surface area (Å²) in [5.74, 6) is 0. The summed E-state index contributed by atoms with van der Waals surface area (Å²) in [6.07, 6.45) is 0. The van der Waals surface area contributed by atoms with E-state index in [0.717, 1.165) is 0 Å². The van der Waals surface area contributed by atoms with Crippen molar-refractivity contribution >= 4 is 19.4 Å². The Hall–Kier alpha value is 1.87. The van der Waals surface area contributed by atoms with Crippen LogP contribution < -0.4 is 0 Å². The van der Waals surface area contributed by atoms with Gasteiger partial charge in [-0.25, -0.2) is 0 Å². The molecule has 0 rings (SSSR count). The summed E-state index contributed by atoms with van der Waals surface area (Å²) in [7, 11) is 8.23. The minimum absolute atomic E-state index is 1.33. The zero-order valence-electron chi connectivity index (χ0n) is 1.67. The first-order valence-electron chi connectivity index (χ1n) is 0.349. The molecule has 0 aromatic carbocycles. The van der Waals surface area contributed by atoms with Gasteiger partial charge in [-0.15, -0.1) is 0 Å². The van der Waals surface area contributed by atoms with Crippen LogP contribution in [0.4, 0.5) is 0 Å². The number of rotatable bonds is 0. The third kappa shape index (κ3) is 9.12. The Balaban J connectivity index is 0. The van der Waals surface area contributed by atoms with E-state index in [4.69, 9.17) is 0 Å². The van der Waals surface area contributed by atoms with Crippen molar-refractivity contribution in [3.8, 4) is 0 Å². The Kier molecular flexibility index (Phi) is 48.5. The van der Waals surface area contributed by atoms with Crippen molar-refractivity contribution in [1.29, 1.82) is 0 Å². The van der Waals surface area contributed by atoms with Crippen LogP contribution in [0.15, 0.2) is 0 Å². The van der Waals surface area contributed by atoms with E-state index in [0.29, 0.717) is 0 Å². The maximum atomic E-state index is 4.13. The SMILES string of the molecule is [S]=[Mo].[S]=[Nb]. The molecule has 0 bridgehead atoms. The van der Waals surface area contributed by atoms with Crippen LogP contribution in [0, 0.1) is 0 Å². The van der Waals surface area contributed by atoms with Gasteiger partial charge in [-0.1, -0.05) is 0 Å². The molecule has 0 heterocycles. The van der Waals surface area contributed by atoms with Gasteiger partial charge < -0.3 is 0 Å². The topological polar surface area (TPSA) is 0 Å². The molecule has 0 nitrogen and oxygen atoms in total. The van der Waals surface area contributed by atoms with E-state index in [1.54, 1.807) is 0 Å². The Morgan fingerprint density at radius 2 is 1.25 bits per heavy atom. The quantitative estimate of drug-likeness (QED) is 0.596. The number of hydrogen-bond acceptors (Lipinski definition) is 2. The van der Waals surface area contributed by atoms with Crippen molar-refractivity contribution in [2.24, 2.45) is 0 Å². The van der Waals surface area contributed by atoms with Gasteiger partial charge in [0.05, 0.1) is 0 Å². The van der Waals surface area contributed by atoms with Gasteiger partial charge in [0.1, 0.15) is 0 Å². The van der Waals surface area contributed by atoms with Crippen molar-refractivity contribution in [3.63, 3.8) is 0 Å². The van der Waals surface area contributed by atoms with E-state index in [9.17, 15) is 0 Å². The van der Waals surface area contributed by atoms with Crippen molar-refractivity contribution < 1.29 is 37.2 Å². The molecule has 23 valence electrons. The average Bonchev–Trinajstić information content (AvgIpc) is 1.50. The van der Waals surface area contributed by atoms with Crippen LogP contribution >= 0.6 is 19.4 Å². The molecule has 0 fully saturated rings. The summed E-state index contributed by atoms with van der Waals surface area (Å²) in [5.41, 5.74) is 0. The van der Waals surface area contributed by atoms with E-state index < -0.39 is 0 Å². The van der Waals surface area contributed by atoms with Gasteiger partial charge in [-0.05, 0) is 0 Å². The molecule has 0 aromatic rings. The predicted octanol–water partition coefficient (Wildman–Crippen LogP) is 1.29. The Morgan fingerprint density at radius 1 is 1.25 bits per heavy atom. The fourth-order valence-corrected chi connectivity index (χ4v) is 0. The molecule has 0 saturated heterocycles. The molecule has 4 heavy (non-hydrogen) atoms. The first-order chi connectivity index (χ1) is 2.00. The van der Waals surface area contributed by atoms with Gasteiger partial charge in [0.15, 0.2) is 0 Å². The van der Waals surface area contributed by atoms with Gasteiger partial charge in [0, 0.05) is 0 Å². The Morgan fingerprint density at radius 3 is 1.25 bits per heavy atom. The summed E-state index contributed by atoms with van der Waals surface area (Å²) < 4.78 is 0. The second-order valence-electron chi connectivity index (χ2n) is 0. The second-order valence-corrected chi connectivity index (χ2v) is 0. The monoisotopic (exact) mass is 255 g/mol. The van der Waals surface area contributed by atoms with Crippen molar-refractivity contribution in [2.75, 3.05) is 0 Å². The van der Waals surface area contributed by atoms with Crippen LogP contribution in [0.5, 0.6) is 0 Å². The molecule has 0 unspecified atom stereocenters. The van der Waals surface area contributed by atoms with Gasteiger partial charge in [0.2, 0.25) is 0 Å². The van der Waals surface area contributed by atoms with Crippen molar-refractivity contribution in [1.82, 2.24) is 0 Å². The van der Waals surface area contributed by atoms with Crippen LogP contribution in [0.3, 0.4) is 0 Å². The average molecular weight is 253 g/mol. The van der Waals surface area contributed by atoms with Crippen LogP contribution in [-0.2, 0) is 37.2 Å². The zero-order chi connectivity index (χ0) is 4.00. The molecule has 0 amide bonds. The minimum atomic E-state index is 1.33. The summed E-state index contributed by atoms with van der Waals surface area (Å²) in [6, 6.07) is 0. The van der Waals surface area contributed by atoms with Gasteiger partial charge in [-0.2, -0.15) is 0 Å². The van der Waals surface area contributed by atoms with E-state index in [2.05, 4.69) is 19.4 Å². The third-order valence-corrected chi connectivity index (χ3v) is 0. The summed E-state index contributed by atoms with van der Waals surface area (Å²) in [6.45, 7) is 0.